The van der Waals surface area contributed by atoms with Crippen molar-refractivity contribution in [1.82, 2.24) is 9.66 Å². The van der Waals surface area contributed by atoms with Crippen LogP contribution in [-0.2, 0) is 0 Å². The Morgan fingerprint density at radius 3 is 2.72 bits per heavy atom. The maximum Gasteiger partial charge on any atom is 0.282 e. The summed E-state index contributed by atoms with van der Waals surface area (Å²) in [5.74, 6) is 0.897. The van der Waals surface area contributed by atoms with E-state index in [1.807, 2.05) is 6.07 Å². The first-order chi connectivity index (χ1) is 12.0. The van der Waals surface area contributed by atoms with Gasteiger partial charge in [-0.3, -0.25) is 4.79 Å². The summed E-state index contributed by atoms with van der Waals surface area (Å²) in [5, 5.41) is 5.06. The molecule has 0 radical (unpaired) electrons. The van der Waals surface area contributed by atoms with Crippen molar-refractivity contribution < 1.29 is 9.47 Å². The van der Waals surface area contributed by atoms with Gasteiger partial charge in [0, 0.05) is 0 Å². The fraction of sp³-hybridized carbons (Fsp3) is 0.118. The average molecular weight is 376 g/mol. The van der Waals surface area contributed by atoms with Gasteiger partial charge in [-0.1, -0.05) is 23.7 Å². The summed E-state index contributed by atoms with van der Waals surface area (Å²) in [7, 11) is 3.02. The Kier molecular flexibility index (Phi) is 4.87. The van der Waals surface area contributed by atoms with Crippen LogP contribution in [0.5, 0.6) is 11.5 Å². The number of methoxy groups -OCH3 is 2. The Bertz CT molecular complexity index is 1090. The number of benzene rings is 2. The molecule has 6 nitrogen and oxygen atoms in total. The Balaban J connectivity index is 2.09. The Morgan fingerprint density at radius 1 is 1.24 bits per heavy atom. The average Bonchev–Trinajstić information content (AvgIpc) is 2.61. The molecular weight excluding hydrogens is 362 g/mol. The Labute approximate surface area is 153 Å². The summed E-state index contributed by atoms with van der Waals surface area (Å²) in [6.45, 7) is 0. The smallest absolute Gasteiger partial charge is 0.282 e. The summed E-state index contributed by atoms with van der Waals surface area (Å²) >= 11 is 11.4. The number of aromatic amines is 1. The fourth-order valence-corrected chi connectivity index (χ4v) is 2.93. The van der Waals surface area contributed by atoms with Crippen LogP contribution < -0.4 is 15.0 Å². The molecule has 0 bridgehead atoms. The van der Waals surface area contributed by atoms with Gasteiger partial charge in [0.05, 0.1) is 36.4 Å². The second kappa shape index (κ2) is 7.08. The zero-order chi connectivity index (χ0) is 18.0. The van der Waals surface area contributed by atoms with Gasteiger partial charge in [-0.2, -0.15) is 9.78 Å². The number of nitrogens with zero attached hydrogens (tertiary/aromatic N) is 2. The number of nitrogens with one attached hydrogen (secondary N) is 1. The lowest BCUT2D eigenvalue weighted by atomic mass is 10.2. The first-order valence-electron chi connectivity index (χ1n) is 7.25. The van der Waals surface area contributed by atoms with Gasteiger partial charge in [-0.25, -0.2) is 0 Å². The van der Waals surface area contributed by atoms with Gasteiger partial charge in [0.15, 0.2) is 11.5 Å². The number of ether oxygens (including phenoxy) is 2. The molecule has 128 valence electrons. The number of hydrogen-bond donors (Lipinski definition) is 1. The summed E-state index contributed by atoms with van der Waals surface area (Å²) in [6.07, 6.45) is 1.48. The van der Waals surface area contributed by atoms with E-state index in [4.69, 9.17) is 33.3 Å². The van der Waals surface area contributed by atoms with Gasteiger partial charge in [0.25, 0.3) is 5.56 Å². The lowest BCUT2D eigenvalue weighted by Gasteiger charge is -2.10. The van der Waals surface area contributed by atoms with Crippen LogP contribution in [0.3, 0.4) is 0 Å². The van der Waals surface area contributed by atoms with Gasteiger partial charge < -0.3 is 14.5 Å². The maximum atomic E-state index is 12.6. The molecule has 0 aliphatic carbocycles. The van der Waals surface area contributed by atoms with Crippen LogP contribution in [0.15, 0.2) is 46.3 Å². The number of hydrogen-bond acceptors (Lipinski definition) is 5. The molecule has 0 unspecified atom stereocenters. The third-order valence-electron chi connectivity index (χ3n) is 3.56. The minimum Gasteiger partial charge on any atom is -0.493 e. The topological polar surface area (TPSA) is 68.6 Å². The molecule has 0 spiro atoms. The lowest BCUT2D eigenvalue weighted by molar-refractivity contribution is 0.355. The number of rotatable bonds is 4. The van der Waals surface area contributed by atoms with Crippen LogP contribution in [0, 0.1) is 4.77 Å². The summed E-state index contributed by atoms with van der Waals surface area (Å²) in [4.78, 5) is 15.5. The highest BCUT2D eigenvalue weighted by Crippen LogP contribution is 2.35. The van der Waals surface area contributed by atoms with Crippen LogP contribution in [0.25, 0.3) is 10.9 Å². The van der Waals surface area contributed by atoms with Crippen molar-refractivity contribution in [3.8, 4) is 11.5 Å². The van der Waals surface area contributed by atoms with Crippen LogP contribution in [0.1, 0.15) is 5.56 Å². The van der Waals surface area contributed by atoms with E-state index in [9.17, 15) is 4.79 Å². The molecule has 0 fully saturated rings. The van der Waals surface area contributed by atoms with Crippen LogP contribution in [0.2, 0.25) is 5.02 Å². The minimum atomic E-state index is -0.304. The largest absolute Gasteiger partial charge is 0.493 e. The van der Waals surface area contributed by atoms with Crippen LogP contribution in [0.4, 0.5) is 0 Å². The summed E-state index contributed by atoms with van der Waals surface area (Å²) in [5.41, 5.74) is 0.998. The van der Waals surface area contributed by atoms with Crippen molar-refractivity contribution >= 4 is 40.9 Å². The zero-order valence-electron chi connectivity index (χ0n) is 13.4. The molecule has 0 saturated heterocycles. The first-order valence-corrected chi connectivity index (χ1v) is 8.03. The summed E-state index contributed by atoms with van der Waals surface area (Å²) in [6, 6.07) is 10.5. The van der Waals surface area contributed by atoms with Gasteiger partial charge in [-0.15, -0.1) is 0 Å². The Hall–Kier alpha value is -2.64. The SMILES string of the molecule is COc1cc(/C=N\n2c(=S)[nH]c3ccccc3c2=O)cc(Cl)c1OC. The van der Waals surface area contributed by atoms with Crippen molar-refractivity contribution in [3.05, 3.63) is 62.1 Å². The molecule has 0 aliphatic heterocycles. The van der Waals surface area contributed by atoms with E-state index in [0.29, 0.717) is 33.0 Å². The van der Waals surface area contributed by atoms with E-state index in [1.165, 1.54) is 20.4 Å². The molecule has 0 saturated carbocycles. The highest BCUT2D eigenvalue weighted by molar-refractivity contribution is 7.71. The predicted molar refractivity (Wildman–Crippen MR) is 101 cm³/mol. The second-order valence-electron chi connectivity index (χ2n) is 5.08. The van der Waals surface area contributed by atoms with Crippen molar-refractivity contribution in [2.75, 3.05) is 14.2 Å². The second-order valence-corrected chi connectivity index (χ2v) is 5.87. The van der Waals surface area contributed by atoms with E-state index in [2.05, 4.69) is 10.1 Å². The quantitative estimate of drug-likeness (QED) is 0.558. The maximum absolute atomic E-state index is 12.6. The molecule has 8 heteroatoms. The third kappa shape index (κ3) is 3.29. The number of para-hydroxylation sites is 1. The van der Waals surface area contributed by atoms with E-state index < -0.39 is 0 Å². The summed E-state index contributed by atoms with van der Waals surface area (Å²) < 4.78 is 11.8. The molecular formula is C17H14ClN3O3S. The van der Waals surface area contributed by atoms with Crippen LogP contribution in [-0.4, -0.2) is 30.1 Å². The van der Waals surface area contributed by atoms with Gasteiger partial charge in [0.1, 0.15) is 0 Å². The van der Waals surface area contributed by atoms with Crippen molar-refractivity contribution in [3.63, 3.8) is 0 Å². The Morgan fingerprint density at radius 2 is 2.00 bits per heavy atom. The van der Waals surface area contributed by atoms with E-state index in [-0.39, 0.29) is 10.3 Å². The van der Waals surface area contributed by atoms with E-state index in [0.717, 1.165) is 4.68 Å². The molecule has 3 aromatic rings. The standard InChI is InChI=1S/C17H14ClN3O3S/c1-23-14-8-10(7-12(18)15(14)24-2)9-19-21-16(22)11-5-3-4-6-13(11)20-17(21)25/h3-9H,1-2H3,(H,20,25)/b19-9-. The minimum absolute atomic E-state index is 0.200. The van der Waals surface area contributed by atoms with Gasteiger partial charge >= 0.3 is 0 Å². The van der Waals surface area contributed by atoms with Crippen LogP contribution >= 0.6 is 23.8 Å². The molecule has 1 heterocycles. The molecule has 25 heavy (non-hydrogen) atoms. The number of halogens is 1. The van der Waals surface area contributed by atoms with Gasteiger partial charge in [-0.05, 0) is 42.0 Å². The first kappa shape index (κ1) is 17.2. The van der Waals surface area contributed by atoms with Gasteiger partial charge in [0.2, 0.25) is 4.77 Å². The number of aromatic nitrogens is 2. The van der Waals surface area contributed by atoms with E-state index in [1.54, 1.807) is 30.3 Å². The highest BCUT2D eigenvalue weighted by atomic mass is 35.5. The van der Waals surface area contributed by atoms with E-state index >= 15 is 0 Å². The fourth-order valence-electron chi connectivity index (χ4n) is 2.39. The monoisotopic (exact) mass is 375 g/mol. The number of H-pyrrole nitrogens is 1. The molecule has 3 rings (SSSR count). The van der Waals surface area contributed by atoms with Crippen molar-refractivity contribution in [1.29, 1.82) is 0 Å². The molecule has 0 aliphatic rings. The third-order valence-corrected chi connectivity index (χ3v) is 4.12. The number of fused-ring (bicyclic) bond motifs is 1. The molecule has 2 aromatic carbocycles. The normalized spacial score (nSPS) is 11.2. The predicted octanol–water partition coefficient (Wildman–Crippen LogP) is 3.61. The van der Waals surface area contributed by atoms with Crippen molar-refractivity contribution in [2.45, 2.75) is 0 Å². The molecule has 1 N–H and O–H groups in total. The molecule has 0 amide bonds. The van der Waals surface area contributed by atoms with Crippen molar-refractivity contribution in [2.24, 2.45) is 5.10 Å². The zero-order valence-corrected chi connectivity index (χ0v) is 15.0. The lowest BCUT2D eigenvalue weighted by Crippen LogP contribution is -2.18. The molecule has 1 aromatic heterocycles. The highest BCUT2D eigenvalue weighted by Gasteiger charge is 2.10. The molecule has 0 atom stereocenters.